The van der Waals surface area contributed by atoms with E-state index < -0.39 is 0 Å². The molecule has 1 rings (SSSR count). The molecule has 1 saturated carbocycles. The average Bonchev–Trinajstić information content (AvgIpc) is 2.35. The van der Waals surface area contributed by atoms with Crippen LogP contribution in [0, 0.1) is 11.8 Å². The van der Waals surface area contributed by atoms with Crippen molar-refractivity contribution < 1.29 is 9.90 Å². The SMILES string of the molecule is CO.NCCCC(CCl)C1CCCCC1=O. The molecule has 0 heterocycles. The number of aliphatic hydroxyl groups is 1. The van der Waals surface area contributed by atoms with Crippen LogP contribution in [0.15, 0.2) is 0 Å². The lowest BCUT2D eigenvalue weighted by atomic mass is 9.78. The van der Waals surface area contributed by atoms with Crippen LogP contribution in [0.3, 0.4) is 0 Å². The number of ketones is 1. The predicted octanol–water partition coefficient (Wildman–Crippen LogP) is 1.95. The Morgan fingerprint density at radius 1 is 1.50 bits per heavy atom. The second-order valence-electron chi connectivity index (χ2n) is 4.16. The van der Waals surface area contributed by atoms with Crippen LogP contribution in [-0.4, -0.2) is 30.4 Å². The zero-order valence-electron chi connectivity index (χ0n) is 10.1. The molecule has 2 atom stereocenters. The van der Waals surface area contributed by atoms with E-state index in [1.165, 1.54) is 6.42 Å². The molecule has 1 aliphatic rings. The van der Waals surface area contributed by atoms with Crippen LogP contribution >= 0.6 is 11.6 Å². The van der Waals surface area contributed by atoms with E-state index in [1.807, 2.05) is 0 Å². The standard InChI is InChI=1S/C11H20ClNO.CH4O/c12-8-9(4-3-7-13)10-5-1-2-6-11(10)14;1-2/h9-10H,1-8,13H2;2H,1H3. The van der Waals surface area contributed by atoms with Gasteiger partial charge < -0.3 is 10.8 Å². The number of Topliss-reactive ketones (excluding diaryl/α,β-unsaturated/α-hetero) is 1. The topological polar surface area (TPSA) is 63.3 Å². The average molecular weight is 250 g/mol. The smallest absolute Gasteiger partial charge is 0.136 e. The minimum atomic E-state index is 0.229. The first kappa shape index (κ1) is 15.9. The fourth-order valence-electron chi connectivity index (χ4n) is 2.27. The first-order valence-corrected chi connectivity index (χ1v) is 6.56. The first-order chi connectivity index (χ1) is 7.79. The van der Waals surface area contributed by atoms with Crippen molar-refractivity contribution in [3.63, 3.8) is 0 Å². The van der Waals surface area contributed by atoms with Crippen LogP contribution in [-0.2, 0) is 4.79 Å². The number of alkyl halides is 1. The van der Waals surface area contributed by atoms with E-state index in [0.717, 1.165) is 39.2 Å². The van der Waals surface area contributed by atoms with E-state index in [1.54, 1.807) is 0 Å². The Morgan fingerprint density at radius 2 is 2.19 bits per heavy atom. The van der Waals surface area contributed by atoms with Gasteiger partial charge in [-0.25, -0.2) is 0 Å². The number of aliphatic hydroxyl groups excluding tert-OH is 1. The highest BCUT2D eigenvalue weighted by Gasteiger charge is 2.28. The zero-order valence-corrected chi connectivity index (χ0v) is 10.9. The molecule has 0 spiro atoms. The minimum absolute atomic E-state index is 0.229. The van der Waals surface area contributed by atoms with Crippen LogP contribution in [0.25, 0.3) is 0 Å². The Labute approximate surface area is 103 Å². The van der Waals surface area contributed by atoms with Crippen molar-refractivity contribution in [1.29, 1.82) is 0 Å². The molecule has 96 valence electrons. The Hall–Kier alpha value is -0.120. The predicted molar refractivity (Wildman–Crippen MR) is 67.6 cm³/mol. The van der Waals surface area contributed by atoms with E-state index in [4.69, 9.17) is 22.4 Å². The van der Waals surface area contributed by atoms with E-state index in [2.05, 4.69) is 0 Å². The minimum Gasteiger partial charge on any atom is -0.400 e. The third kappa shape index (κ3) is 5.28. The summed E-state index contributed by atoms with van der Waals surface area (Å²) in [5, 5.41) is 7.00. The van der Waals surface area contributed by atoms with Crippen LogP contribution in [0.5, 0.6) is 0 Å². The molecular weight excluding hydrogens is 226 g/mol. The number of hydrogen-bond donors (Lipinski definition) is 2. The third-order valence-electron chi connectivity index (χ3n) is 3.15. The summed E-state index contributed by atoms with van der Waals surface area (Å²) in [6.45, 7) is 0.703. The number of carbonyl (C=O) groups excluding carboxylic acids is 1. The Morgan fingerprint density at radius 3 is 2.69 bits per heavy atom. The molecule has 4 heteroatoms. The van der Waals surface area contributed by atoms with E-state index in [9.17, 15) is 4.79 Å². The molecule has 3 nitrogen and oxygen atoms in total. The summed E-state index contributed by atoms with van der Waals surface area (Å²) < 4.78 is 0. The molecule has 0 bridgehead atoms. The molecule has 0 aromatic carbocycles. The van der Waals surface area contributed by atoms with Gasteiger partial charge in [0, 0.05) is 25.3 Å². The molecule has 0 amide bonds. The van der Waals surface area contributed by atoms with E-state index in [0.29, 0.717) is 24.1 Å². The molecule has 0 aliphatic heterocycles. The van der Waals surface area contributed by atoms with Gasteiger partial charge in [-0.05, 0) is 38.1 Å². The number of rotatable bonds is 5. The van der Waals surface area contributed by atoms with Crippen molar-refractivity contribution in [1.82, 2.24) is 0 Å². The molecule has 0 saturated heterocycles. The van der Waals surface area contributed by atoms with Gasteiger partial charge in [-0.1, -0.05) is 6.42 Å². The number of carbonyl (C=O) groups is 1. The summed E-state index contributed by atoms with van der Waals surface area (Å²) in [4.78, 5) is 11.7. The summed E-state index contributed by atoms with van der Waals surface area (Å²) in [6, 6.07) is 0. The van der Waals surface area contributed by atoms with Gasteiger partial charge in [0.2, 0.25) is 0 Å². The van der Waals surface area contributed by atoms with Gasteiger partial charge in [0.25, 0.3) is 0 Å². The molecule has 1 aliphatic carbocycles. The summed E-state index contributed by atoms with van der Waals surface area (Å²) >= 11 is 5.91. The van der Waals surface area contributed by atoms with Gasteiger partial charge >= 0.3 is 0 Å². The monoisotopic (exact) mass is 249 g/mol. The quantitative estimate of drug-likeness (QED) is 0.732. The van der Waals surface area contributed by atoms with E-state index >= 15 is 0 Å². The maximum absolute atomic E-state index is 11.7. The van der Waals surface area contributed by atoms with Gasteiger partial charge in [0.1, 0.15) is 5.78 Å². The van der Waals surface area contributed by atoms with Crippen molar-refractivity contribution in [2.45, 2.75) is 38.5 Å². The van der Waals surface area contributed by atoms with Gasteiger partial charge in [-0.2, -0.15) is 0 Å². The largest absolute Gasteiger partial charge is 0.400 e. The van der Waals surface area contributed by atoms with Crippen LogP contribution in [0.2, 0.25) is 0 Å². The molecular formula is C12H24ClNO2. The number of nitrogens with two attached hydrogens (primary N) is 1. The highest BCUT2D eigenvalue weighted by Crippen LogP contribution is 2.30. The lowest BCUT2D eigenvalue weighted by Gasteiger charge is -2.27. The van der Waals surface area contributed by atoms with Crippen molar-refractivity contribution in [3.05, 3.63) is 0 Å². The van der Waals surface area contributed by atoms with Crippen LogP contribution < -0.4 is 5.73 Å². The van der Waals surface area contributed by atoms with E-state index in [-0.39, 0.29) is 5.92 Å². The summed E-state index contributed by atoms with van der Waals surface area (Å²) in [5.41, 5.74) is 5.47. The second kappa shape index (κ2) is 10.1. The second-order valence-corrected chi connectivity index (χ2v) is 4.47. The zero-order chi connectivity index (χ0) is 12.4. The van der Waals surface area contributed by atoms with Crippen molar-refractivity contribution in [2.24, 2.45) is 17.6 Å². The van der Waals surface area contributed by atoms with Crippen molar-refractivity contribution in [3.8, 4) is 0 Å². The summed E-state index contributed by atoms with van der Waals surface area (Å²) in [6.07, 6.45) is 6.06. The summed E-state index contributed by atoms with van der Waals surface area (Å²) in [5.74, 6) is 1.64. The lowest BCUT2D eigenvalue weighted by molar-refractivity contribution is -0.126. The van der Waals surface area contributed by atoms with Crippen molar-refractivity contribution >= 4 is 17.4 Å². The number of halogens is 1. The third-order valence-corrected chi connectivity index (χ3v) is 3.54. The molecule has 0 aromatic heterocycles. The Kier molecular flexibility index (Phi) is 9.99. The molecule has 16 heavy (non-hydrogen) atoms. The van der Waals surface area contributed by atoms with Gasteiger partial charge in [-0.15, -0.1) is 11.6 Å². The fourth-order valence-corrected chi connectivity index (χ4v) is 2.64. The fraction of sp³-hybridized carbons (Fsp3) is 0.917. The molecule has 1 fully saturated rings. The van der Waals surface area contributed by atoms with Gasteiger partial charge in [-0.3, -0.25) is 4.79 Å². The van der Waals surface area contributed by atoms with Crippen molar-refractivity contribution in [2.75, 3.05) is 19.5 Å². The Bertz CT molecular complexity index is 188. The number of hydrogen-bond acceptors (Lipinski definition) is 3. The summed E-state index contributed by atoms with van der Waals surface area (Å²) in [7, 11) is 1.00. The highest BCUT2D eigenvalue weighted by atomic mass is 35.5. The molecule has 0 aromatic rings. The van der Waals surface area contributed by atoms with Gasteiger partial charge in [0.15, 0.2) is 0 Å². The highest BCUT2D eigenvalue weighted by molar-refractivity contribution is 6.18. The molecule has 2 unspecified atom stereocenters. The van der Waals surface area contributed by atoms with Crippen LogP contribution in [0.4, 0.5) is 0 Å². The van der Waals surface area contributed by atoms with Gasteiger partial charge in [0.05, 0.1) is 0 Å². The normalized spacial score (nSPS) is 22.2. The molecule has 3 N–H and O–H groups in total. The van der Waals surface area contributed by atoms with Crippen LogP contribution in [0.1, 0.15) is 38.5 Å². The maximum atomic E-state index is 11.7. The lowest BCUT2D eigenvalue weighted by Crippen LogP contribution is -2.28. The molecule has 0 radical (unpaired) electrons. The maximum Gasteiger partial charge on any atom is 0.136 e. The Balaban J connectivity index is 0.00000106. The first-order valence-electron chi connectivity index (χ1n) is 6.03.